The van der Waals surface area contributed by atoms with Crippen molar-refractivity contribution in [3.63, 3.8) is 0 Å². The molecule has 1 amide bonds. The van der Waals surface area contributed by atoms with Crippen LogP contribution < -0.4 is 5.32 Å². The molecule has 7 heteroatoms. The molecule has 1 atom stereocenters. The van der Waals surface area contributed by atoms with Crippen LogP contribution in [0, 0.1) is 6.92 Å². The molecule has 1 unspecified atom stereocenters. The Balaban J connectivity index is 2.24. The number of carbonyl (C=O) groups excluding carboxylic acids is 1. The molecule has 0 radical (unpaired) electrons. The number of rotatable bonds is 4. The second-order valence-corrected chi connectivity index (χ2v) is 8.11. The molecule has 1 aromatic rings. The zero-order valence-corrected chi connectivity index (χ0v) is 14.3. The van der Waals surface area contributed by atoms with E-state index in [1.54, 1.807) is 19.1 Å². The first kappa shape index (κ1) is 16.9. The third-order valence-electron chi connectivity index (χ3n) is 3.94. The van der Waals surface area contributed by atoms with Gasteiger partial charge in [0, 0.05) is 32.2 Å². The molecule has 0 aliphatic carbocycles. The van der Waals surface area contributed by atoms with E-state index in [1.165, 1.54) is 20.2 Å². The maximum atomic E-state index is 12.3. The van der Waals surface area contributed by atoms with Crippen LogP contribution in [-0.2, 0) is 10.0 Å². The average Bonchev–Trinajstić information content (AvgIpc) is 2.84. The Hall–Kier alpha value is -1.44. The fourth-order valence-corrected chi connectivity index (χ4v) is 3.68. The minimum absolute atomic E-state index is 0.118. The Morgan fingerprint density at radius 1 is 1.36 bits per heavy atom. The normalized spacial score (nSPS) is 19.6. The Morgan fingerprint density at radius 3 is 2.59 bits per heavy atom. The summed E-state index contributed by atoms with van der Waals surface area (Å²) in [5, 5.41) is 2.96. The second-order valence-electron chi connectivity index (χ2n) is 5.99. The molecule has 122 valence electrons. The van der Waals surface area contributed by atoms with Crippen LogP contribution in [0.5, 0.6) is 0 Å². The van der Waals surface area contributed by atoms with Gasteiger partial charge in [0.1, 0.15) is 0 Å². The number of benzene rings is 1. The van der Waals surface area contributed by atoms with E-state index in [9.17, 15) is 13.2 Å². The molecule has 1 saturated heterocycles. The number of aryl methyl sites for hydroxylation is 1. The van der Waals surface area contributed by atoms with Crippen LogP contribution in [0.3, 0.4) is 0 Å². The van der Waals surface area contributed by atoms with Gasteiger partial charge in [0.2, 0.25) is 10.0 Å². The van der Waals surface area contributed by atoms with Crippen LogP contribution >= 0.6 is 0 Å². The van der Waals surface area contributed by atoms with E-state index in [4.69, 9.17) is 0 Å². The lowest BCUT2D eigenvalue weighted by Crippen LogP contribution is -2.36. The maximum Gasteiger partial charge on any atom is 0.251 e. The van der Waals surface area contributed by atoms with Gasteiger partial charge in [-0.1, -0.05) is 6.07 Å². The van der Waals surface area contributed by atoms with Crippen LogP contribution in [0.15, 0.2) is 23.1 Å². The Kier molecular flexibility index (Phi) is 4.89. The summed E-state index contributed by atoms with van der Waals surface area (Å²) < 4.78 is 25.8. The van der Waals surface area contributed by atoms with Gasteiger partial charge >= 0.3 is 0 Å². The lowest BCUT2D eigenvalue weighted by atomic mass is 10.1. The van der Waals surface area contributed by atoms with Gasteiger partial charge in [0.25, 0.3) is 5.91 Å². The number of amides is 1. The summed E-state index contributed by atoms with van der Waals surface area (Å²) >= 11 is 0. The highest BCUT2D eigenvalue weighted by atomic mass is 32.2. The molecule has 1 aromatic carbocycles. The topological polar surface area (TPSA) is 69.7 Å². The van der Waals surface area contributed by atoms with Crippen LogP contribution in [0.4, 0.5) is 0 Å². The highest BCUT2D eigenvalue weighted by Crippen LogP contribution is 2.20. The first-order chi connectivity index (χ1) is 10.2. The zero-order valence-electron chi connectivity index (χ0n) is 13.5. The molecule has 0 bridgehead atoms. The summed E-state index contributed by atoms with van der Waals surface area (Å²) in [6.45, 7) is 3.50. The van der Waals surface area contributed by atoms with Crippen LogP contribution in [-0.4, -0.2) is 63.8 Å². The third-order valence-corrected chi connectivity index (χ3v) is 5.89. The van der Waals surface area contributed by atoms with Crippen molar-refractivity contribution >= 4 is 15.9 Å². The van der Waals surface area contributed by atoms with Crippen molar-refractivity contribution in [2.45, 2.75) is 24.3 Å². The summed E-state index contributed by atoms with van der Waals surface area (Å²) in [5.74, 6) is -0.226. The van der Waals surface area contributed by atoms with E-state index in [2.05, 4.69) is 10.2 Å². The summed E-state index contributed by atoms with van der Waals surface area (Å²) in [6, 6.07) is 4.91. The van der Waals surface area contributed by atoms with Crippen molar-refractivity contribution in [2.75, 3.05) is 34.2 Å². The van der Waals surface area contributed by atoms with E-state index in [0.717, 1.165) is 23.8 Å². The summed E-state index contributed by atoms with van der Waals surface area (Å²) in [5.41, 5.74) is 1.01. The highest BCUT2D eigenvalue weighted by molar-refractivity contribution is 7.89. The van der Waals surface area contributed by atoms with E-state index in [-0.39, 0.29) is 16.8 Å². The lowest BCUT2D eigenvalue weighted by molar-refractivity contribution is 0.0938. The fourth-order valence-electron chi connectivity index (χ4n) is 2.54. The van der Waals surface area contributed by atoms with Crippen molar-refractivity contribution in [1.29, 1.82) is 0 Å². The molecule has 1 heterocycles. The monoisotopic (exact) mass is 325 g/mol. The quantitative estimate of drug-likeness (QED) is 0.884. The van der Waals surface area contributed by atoms with Crippen LogP contribution in [0.2, 0.25) is 0 Å². The SMILES string of the molecule is Cc1ccc(C(=O)NC2CCN(C)C2)cc1S(=O)(=O)N(C)C. The molecule has 0 saturated carbocycles. The van der Waals surface area contributed by atoms with Crippen molar-refractivity contribution < 1.29 is 13.2 Å². The van der Waals surface area contributed by atoms with Gasteiger partial charge in [-0.3, -0.25) is 4.79 Å². The molecule has 0 spiro atoms. The standard InChI is InChI=1S/C15H23N3O3S/c1-11-5-6-12(9-14(11)22(20,21)17(2)3)15(19)16-13-7-8-18(4)10-13/h5-6,9,13H,7-8,10H2,1-4H3,(H,16,19). The van der Waals surface area contributed by atoms with E-state index < -0.39 is 10.0 Å². The molecule has 0 aromatic heterocycles. The van der Waals surface area contributed by atoms with Crippen molar-refractivity contribution in [3.05, 3.63) is 29.3 Å². The van der Waals surface area contributed by atoms with Gasteiger partial charge in [0.05, 0.1) is 4.90 Å². The molecule has 6 nitrogen and oxygen atoms in total. The Labute approximate surface area is 132 Å². The summed E-state index contributed by atoms with van der Waals surface area (Å²) in [7, 11) is 1.42. The predicted octanol–water partition coefficient (Wildman–Crippen LogP) is 0.679. The van der Waals surface area contributed by atoms with Gasteiger partial charge in [-0.05, 0) is 44.6 Å². The second kappa shape index (κ2) is 6.36. The van der Waals surface area contributed by atoms with E-state index >= 15 is 0 Å². The number of carbonyl (C=O) groups is 1. The van der Waals surface area contributed by atoms with Gasteiger partial charge in [-0.25, -0.2) is 12.7 Å². The molecule has 1 fully saturated rings. The van der Waals surface area contributed by atoms with Crippen molar-refractivity contribution in [1.82, 2.24) is 14.5 Å². The highest BCUT2D eigenvalue weighted by Gasteiger charge is 2.24. The third kappa shape index (κ3) is 3.48. The number of likely N-dealkylation sites (tertiary alicyclic amines) is 1. The van der Waals surface area contributed by atoms with Gasteiger partial charge < -0.3 is 10.2 Å². The van der Waals surface area contributed by atoms with Gasteiger partial charge in [0.15, 0.2) is 0 Å². The molecule has 22 heavy (non-hydrogen) atoms. The number of likely N-dealkylation sites (N-methyl/N-ethyl adjacent to an activating group) is 1. The van der Waals surface area contributed by atoms with E-state index in [1.807, 2.05) is 7.05 Å². The number of hydrogen-bond acceptors (Lipinski definition) is 4. The number of nitrogens with one attached hydrogen (secondary N) is 1. The smallest absolute Gasteiger partial charge is 0.251 e. The molecule has 1 aliphatic heterocycles. The van der Waals surface area contributed by atoms with Crippen LogP contribution in [0.1, 0.15) is 22.3 Å². The minimum Gasteiger partial charge on any atom is -0.348 e. The molecular weight excluding hydrogens is 302 g/mol. The first-order valence-electron chi connectivity index (χ1n) is 7.24. The summed E-state index contributed by atoms with van der Waals surface area (Å²) in [4.78, 5) is 14.7. The number of sulfonamides is 1. The first-order valence-corrected chi connectivity index (χ1v) is 8.68. The summed E-state index contributed by atoms with van der Waals surface area (Å²) in [6.07, 6.45) is 0.914. The lowest BCUT2D eigenvalue weighted by Gasteiger charge is -2.16. The maximum absolute atomic E-state index is 12.3. The minimum atomic E-state index is -3.55. The predicted molar refractivity (Wildman–Crippen MR) is 85.4 cm³/mol. The fraction of sp³-hybridized carbons (Fsp3) is 0.533. The van der Waals surface area contributed by atoms with Gasteiger partial charge in [-0.2, -0.15) is 0 Å². The molecule has 1 aliphatic rings. The molecular formula is C15H23N3O3S. The van der Waals surface area contributed by atoms with Crippen LogP contribution in [0.25, 0.3) is 0 Å². The Morgan fingerprint density at radius 2 is 2.05 bits per heavy atom. The largest absolute Gasteiger partial charge is 0.348 e. The zero-order chi connectivity index (χ0) is 16.5. The van der Waals surface area contributed by atoms with Crippen molar-refractivity contribution in [2.24, 2.45) is 0 Å². The Bertz CT molecular complexity index is 671. The number of nitrogens with zero attached hydrogens (tertiary/aromatic N) is 2. The van der Waals surface area contributed by atoms with E-state index in [0.29, 0.717) is 11.1 Å². The van der Waals surface area contributed by atoms with Crippen molar-refractivity contribution in [3.8, 4) is 0 Å². The molecule has 2 rings (SSSR count). The average molecular weight is 325 g/mol. The van der Waals surface area contributed by atoms with Gasteiger partial charge in [-0.15, -0.1) is 0 Å². The number of hydrogen-bond donors (Lipinski definition) is 1. The molecule has 1 N–H and O–H groups in total.